The van der Waals surface area contributed by atoms with Gasteiger partial charge in [-0.1, -0.05) is 6.92 Å². The number of hydrogen-bond acceptors (Lipinski definition) is 4. The highest BCUT2D eigenvalue weighted by Gasteiger charge is 2.14. The number of nitrogen functional groups attached to an aromatic ring is 1. The zero-order chi connectivity index (χ0) is 12.1. The van der Waals surface area contributed by atoms with E-state index in [-0.39, 0.29) is 18.1 Å². The monoisotopic (exact) mass is 226 g/mol. The molecule has 1 amide bonds. The number of rotatable bonds is 5. The Kier molecular flexibility index (Phi) is 4.30. The summed E-state index contributed by atoms with van der Waals surface area (Å²) in [6, 6.07) is 0. The van der Waals surface area contributed by atoms with Crippen molar-refractivity contribution in [3.63, 3.8) is 0 Å². The Morgan fingerprint density at radius 1 is 1.69 bits per heavy atom. The number of anilines is 1. The Balaban J connectivity index is 2.62. The van der Waals surface area contributed by atoms with Gasteiger partial charge in [0.05, 0.1) is 11.8 Å². The van der Waals surface area contributed by atoms with E-state index in [2.05, 4.69) is 10.4 Å². The molecule has 0 aliphatic rings. The van der Waals surface area contributed by atoms with Crippen LogP contribution in [-0.2, 0) is 6.54 Å². The minimum atomic E-state index is -0.529. The van der Waals surface area contributed by atoms with Gasteiger partial charge in [0.15, 0.2) is 5.69 Å². The van der Waals surface area contributed by atoms with Crippen molar-refractivity contribution in [2.24, 2.45) is 0 Å². The average Bonchev–Trinajstić information content (AvgIpc) is 2.67. The number of nitrogens with two attached hydrogens (primary N) is 1. The first kappa shape index (κ1) is 12.5. The Labute approximate surface area is 94.4 Å². The van der Waals surface area contributed by atoms with Crippen LogP contribution in [0.2, 0.25) is 0 Å². The van der Waals surface area contributed by atoms with E-state index < -0.39 is 6.10 Å². The normalized spacial score (nSPS) is 12.4. The van der Waals surface area contributed by atoms with Gasteiger partial charge in [0.2, 0.25) is 0 Å². The summed E-state index contributed by atoms with van der Waals surface area (Å²) < 4.78 is 1.60. The number of carbonyl (C=O) groups is 1. The van der Waals surface area contributed by atoms with Gasteiger partial charge in [-0.15, -0.1) is 0 Å². The average molecular weight is 226 g/mol. The first-order valence-corrected chi connectivity index (χ1v) is 5.37. The Hall–Kier alpha value is -1.56. The molecular formula is C10H18N4O2. The smallest absolute Gasteiger partial charge is 0.274 e. The fraction of sp³-hybridized carbons (Fsp3) is 0.600. The zero-order valence-corrected chi connectivity index (χ0v) is 9.60. The van der Waals surface area contributed by atoms with Crippen LogP contribution >= 0.6 is 0 Å². The molecule has 1 aromatic heterocycles. The minimum Gasteiger partial charge on any atom is -0.396 e. The van der Waals surface area contributed by atoms with Gasteiger partial charge < -0.3 is 16.2 Å². The lowest BCUT2D eigenvalue weighted by atomic mass is 10.2. The van der Waals surface area contributed by atoms with Crippen molar-refractivity contribution in [2.45, 2.75) is 32.9 Å². The van der Waals surface area contributed by atoms with E-state index in [1.165, 1.54) is 0 Å². The second-order valence-electron chi connectivity index (χ2n) is 3.56. The van der Waals surface area contributed by atoms with E-state index in [0.29, 0.717) is 18.7 Å². The third-order valence-corrected chi connectivity index (χ3v) is 2.30. The van der Waals surface area contributed by atoms with Crippen molar-refractivity contribution >= 4 is 11.6 Å². The van der Waals surface area contributed by atoms with Gasteiger partial charge in [0.1, 0.15) is 0 Å². The number of amides is 1. The topological polar surface area (TPSA) is 93.2 Å². The summed E-state index contributed by atoms with van der Waals surface area (Å²) in [5, 5.41) is 15.9. The molecule has 0 spiro atoms. The summed E-state index contributed by atoms with van der Waals surface area (Å²) in [5.74, 6) is -0.350. The maximum atomic E-state index is 11.6. The maximum Gasteiger partial charge on any atom is 0.274 e. The number of aliphatic hydroxyl groups excluding tert-OH is 1. The van der Waals surface area contributed by atoms with E-state index in [0.717, 1.165) is 0 Å². The molecule has 1 aromatic rings. The number of carbonyl (C=O) groups excluding carboxylic acids is 1. The molecule has 0 saturated heterocycles. The lowest BCUT2D eigenvalue weighted by molar-refractivity contribution is 0.0909. The van der Waals surface area contributed by atoms with E-state index >= 15 is 0 Å². The Morgan fingerprint density at radius 3 is 2.88 bits per heavy atom. The molecule has 0 bridgehead atoms. The summed E-state index contributed by atoms with van der Waals surface area (Å²) in [7, 11) is 0. The molecule has 0 aliphatic heterocycles. The second-order valence-corrected chi connectivity index (χ2v) is 3.56. The predicted molar refractivity (Wildman–Crippen MR) is 60.9 cm³/mol. The highest BCUT2D eigenvalue weighted by molar-refractivity contribution is 5.96. The van der Waals surface area contributed by atoms with E-state index in [4.69, 9.17) is 5.73 Å². The number of hydrogen-bond donors (Lipinski definition) is 3. The van der Waals surface area contributed by atoms with Gasteiger partial charge in [0, 0.05) is 19.3 Å². The lowest BCUT2D eigenvalue weighted by Crippen LogP contribution is -2.32. The minimum absolute atomic E-state index is 0.213. The third kappa shape index (κ3) is 2.96. The van der Waals surface area contributed by atoms with Crippen molar-refractivity contribution in [1.29, 1.82) is 0 Å². The largest absolute Gasteiger partial charge is 0.396 e. The van der Waals surface area contributed by atoms with Gasteiger partial charge in [-0.25, -0.2) is 0 Å². The van der Waals surface area contributed by atoms with Crippen LogP contribution < -0.4 is 11.1 Å². The molecule has 6 nitrogen and oxygen atoms in total. The molecule has 1 rings (SSSR count). The maximum absolute atomic E-state index is 11.6. The first-order chi connectivity index (χ1) is 7.58. The summed E-state index contributed by atoms with van der Waals surface area (Å²) in [5.41, 5.74) is 6.22. The molecule has 0 radical (unpaired) electrons. The van der Waals surface area contributed by atoms with Gasteiger partial charge in [0.25, 0.3) is 5.91 Å². The summed E-state index contributed by atoms with van der Waals surface area (Å²) >= 11 is 0. The molecule has 1 atom stereocenters. The molecule has 1 heterocycles. The molecule has 1 unspecified atom stereocenters. The van der Waals surface area contributed by atoms with Crippen LogP contribution in [0, 0.1) is 0 Å². The van der Waals surface area contributed by atoms with Crippen LogP contribution in [0.25, 0.3) is 0 Å². The highest BCUT2D eigenvalue weighted by atomic mass is 16.3. The van der Waals surface area contributed by atoms with Crippen LogP contribution in [-0.4, -0.2) is 33.4 Å². The van der Waals surface area contributed by atoms with E-state index in [1.807, 2.05) is 13.8 Å². The summed E-state index contributed by atoms with van der Waals surface area (Å²) in [6.07, 6.45) is 1.68. The van der Waals surface area contributed by atoms with E-state index in [1.54, 1.807) is 10.9 Å². The number of aryl methyl sites for hydroxylation is 1. The molecule has 0 aromatic carbocycles. The zero-order valence-electron chi connectivity index (χ0n) is 9.60. The number of nitrogens with zero attached hydrogens (tertiary/aromatic N) is 2. The number of nitrogens with one attached hydrogen (secondary N) is 1. The van der Waals surface area contributed by atoms with Crippen LogP contribution in [0.3, 0.4) is 0 Å². The van der Waals surface area contributed by atoms with Crippen molar-refractivity contribution in [2.75, 3.05) is 12.3 Å². The Bertz CT molecular complexity index is 362. The quantitative estimate of drug-likeness (QED) is 0.658. The molecule has 16 heavy (non-hydrogen) atoms. The molecule has 0 fully saturated rings. The summed E-state index contributed by atoms with van der Waals surface area (Å²) in [6.45, 7) is 4.63. The lowest BCUT2D eigenvalue weighted by Gasteiger charge is -2.08. The van der Waals surface area contributed by atoms with Gasteiger partial charge >= 0.3 is 0 Å². The van der Waals surface area contributed by atoms with Crippen LogP contribution in [0.15, 0.2) is 6.20 Å². The van der Waals surface area contributed by atoms with Crippen molar-refractivity contribution in [3.05, 3.63) is 11.9 Å². The second kappa shape index (κ2) is 5.50. The Morgan fingerprint density at radius 2 is 2.38 bits per heavy atom. The fourth-order valence-electron chi connectivity index (χ4n) is 1.21. The van der Waals surface area contributed by atoms with Crippen molar-refractivity contribution in [1.82, 2.24) is 15.1 Å². The highest BCUT2D eigenvalue weighted by Crippen LogP contribution is 2.08. The van der Waals surface area contributed by atoms with Crippen LogP contribution in [0.4, 0.5) is 5.69 Å². The van der Waals surface area contributed by atoms with Crippen molar-refractivity contribution in [3.8, 4) is 0 Å². The molecular weight excluding hydrogens is 208 g/mol. The van der Waals surface area contributed by atoms with Gasteiger partial charge in [-0.2, -0.15) is 5.10 Å². The SMILES string of the molecule is CCC(O)CNC(=O)c1nn(CC)cc1N. The van der Waals surface area contributed by atoms with Crippen molar-refractivity contribution < 1.29 is 9.90 Å². The number of aliphatic hydroxyl groups is 1. The summed E-state index contributed by atoms with van der Waals surface area (Å²) in [4.78, 5) is 11.6. The standard InChI is InChI=1S/C10H18N4O2/c1-3-7(15)5-12-10(16)9-8(11)6-14(4-2)13-9/h6-7,15H,3-5,11H2,1-2H3,(H,12,16). The van der Waals surface area contributed by atoms with E-state index in [9.17, 15) is 9.90 Å². The van der Waals surface area contributed by atoms with Crippen LogP contribution in [0.1, 0.15) is 30.8 Å². The molecule has 0 saturated carbocycles. The third-order valence-electron chi connectivity index (χ3n) is 2.30. The molecule has 6 heteroatoms. The van der Waals surface area contributed by atoms with Crippen LogP contribution in [0.5, 0.6) is 0 Å². The van der Waals surface area contributed by atoms with Gasteiger partial charge in [-0.05, 0) is 13.3 Å². The molecule has 90 valence electrons. The van der Waals surface area contributed by atoms with Gasteiger partial charge in [-0.3, -0.25) is 9.48 Å². The number of aromatic nitrogens is 2. The first-order valence-electron chi connectivity index (χ1n) is 5.37. The molecule has 0 aliphatic carbocycles. The fourth-order valence-corrected chi connectivity index (χ4v) is 1.21. The molecule has 4 N–H and O–H groups in total. The predicted octanol–water partition coefficient (Wildman–Crippen LogP) is -0.0141.